The maximum atomic E-state index is 4.41. The van der Waals surface area contributed by atoms with Gasteiger partial charge in [-0.25, -0.2) is 9.97 Å². The van der Waals surface area contributed by atoms with Gasteiger partial charge in [0.15, 0.2) is 0 Å². The number of thiophene rings is 1. The maximum absolute atomic E-state index is 4.41. The van der Waals surface area contributed by atoms with Gasteiger partial charge in [0.1, 0.15) is 17.0 Å². The molecule has 0 aliphatic rings. The SMILES string of the molecule is CC(C)Cc1cc2c(NCCc3ccccc3)ncnc2s1. The van der Waals surface area contributed by atoms with Gasteiger partial charge in [0.2, 0.25) is 0 Å². The fraction of sp³-hybridized carbons (Fsp3) is 0.333. The maximum Gasteiger partial charge on any atom is 0.138 e. The Bertz CT molecular complexity index is 734. The molecular weight excluding hydrogens is 290 g/mol. The third kappa shape index (κ3) is 3.63. The predicted octanol–water partition coefficient (Wildman–Crippen LogP) is 4.54. The summed E-state index contributed by atoms with van der Waals surface area (Å²) in [5.74, 6) is 1.61. The molecule has 1 aromatic carbocycles. The molecule has 0 radical (unpaired) electrons. The van der Waals surface area contributed by atoms with E-state index in [-0.39, 0.29) is 0 Å². The number of aromatic nitrogens is 2. The monoisotopic (exact) mass is 311 g/mol. The van der Waals surface area contributed by atoms with Crippen LogP contribution in [0.1, 0.15) is 24.3 Å². The second kappa shape index (κ2) is 6.88. The first kappa shape index (κ1) is 15.0. The van der Waals surface area contributed by atoms with Crippen molar-refractivity contribution in [3.05, 3.63) is 53.2 Å². The molecule has 0 spiro atoms. The van der Waals surface area contributed by atoms with Gasteiger partial charge in [-0.1, -0.05) is 44.2 Å². The van der Waals surface area contributed by atoms with Gasteiger partial charge in [-0.2, -0.15) is 0 Å². The van der Waals surface area contributed by atoms with Crippen LogP contribution in [0, 0.1) is 5.92 Å². The standard InChI is InChI=1S/C18H21N3S/c1-13(2)10-15-11-16-17(20-12-21-18(16)22-15)19-9-8-14-6-4-3-5-7-14/h3-7,11-13H,8-10H2,1-2H3,(H,19,20,21). The van der Waals surface area contributed by atoms with Crippen LogP contribution >= 0.6 is 11.3 Å². The van der Waals surface area contributed by atoms with Crippen molar-refractivity contribution in [2.24, 2.45) is 5.92 Å². The van der Waals surface area contributed by atoms with Crippen LogP contribution in [0.25, 0.3) is 10.2 Å². The van der Waals surface area contributed by atoms with E-state index >= 15 is 0 Å². The Balaban J connectivity index is 1.71. The van der Waals surface area contributed by atoms with Crippen molar-refractivity contribution < 1.29 is 0 Å². The number of rotatable bonds is 6. The topological polar surface area (TPSA) is 37.8 Å². The Kier molecular flexibility index (Phi) is 4.68. The first-order chi connectivity index (χ1) is 10.7. The average Bonchev–Trinajstić information content (AvgIpc) is 2.90. The van der Waals surface area contributed by atoms with Crippen molar-refractivity contribution in [1.82, 2.24) is 9.97 Å². The number of nitrogens with zero attached hydrogens (tertiary/aromatic N) is 2. The van der Waals surface area contributed by atoms with E-state index < -0.39 is 0 Å². The van der Waals surface area contributed by atoms with Gasteiger partial charge in [0.25, 0.3) is 0 Å². The molecule has 3 nitrogen and oxygen atoms in total. The summed E-state index contributed by atoms with van der Waals surface area (Å²) in [6, 6.07) is 12.8. The van der Waals surface area contributed by atoms with E-state index in [9.17, 15) is 0 Å². The first-order valence-electron chi connectivity index (χ1n) is 7.73. The molecule has 0 amide bonds. The molecule has 22 heavy (non-hydrogen) atoms. The molecule has 0 aliphatic carbocycles. The smallest absolute Gasteiger partial charge is 0.138 e. The van der Waals surface area contributed by atoms with Gasteiger partial charge in [0, 0.05) is 11.4 Å². The van der Waals surface area contributed by atoms with Gasteiger partial charge < -0.3 is 5.32 Å². The zero-order valence-electron chi connectivity index (χ0n) is 13.0. The summed E-state index contributed by atoms with van der Waals surface area (Å²) < 4.78 is 0. The van der Waals surface area contributed by atoms with E-state index in [1.54, 1.807) is 17.7 Å². The van der Waals surface area contributed by atoms with E-state index in [0.29, 0.717) is 5.92 Å². The molecule has 2 heterocycles. The summed E-state index contributed by atoms with van der Waals surface area (Å²) in [5, 5.41) is 4.61. The summed E-state index contributed by atoms with van der Waals surface area (Å²) in [7, 11) is 0. The summed E-state index contributed by atoms with van der Waals surface area (Å²) >= 11 is 1.78. The fourth-order valence-electron chi connectivity index (χ4n) is 2.52. The fourth-order valence-corrected chi connectivity index (χ4v) is 3.73. The number of anilines is 1. The Morgan fingerprint density at radius 3 is 2.73 bits per heavy atom. The van der Waals surface area contributed by atoms with E-state index in [0.717, 1.165) is 35.4 Å². The predicted molar refractivity (Wildman–Crippen MR) is 94.6 cm³/mol. The Morgan fingerprint density at radius 2 is 1.95 bits per heavy atom. The summed E-state index contributed by atoms with van der Waals surface area (Å²) in [6.07, 6.45) is 3.75. The lowest BCUT2D eigenvalue weighted by atomic mass is 10.1. The highest BCUT2D eigenvalue weighted by atomic mass is 32.1. The van der Waals surface area contributed by atoms with Gasteiger partial charge in [-0.15, -0.1) is 11.3 Å². The zero-order valence-corrected chi connectivity index (χ0v) is 13.9. The van der Waals surface area contributed by atoms with Crippen LogP contribution in [0.5, 0.6) is 0 Å². The minimum absolute atomic E-state index is 0.663. The van der Waals surface area contributed by atoms with Crippen LogP contribution in [0.2, 0.25) is 0 Å². The molecule has 3 aromatic rings. The molecule has 114 valence electrons. The molecule has 2 aromatic heterocycles. The first-order valence-corrected chi connectivity index (χ1v) is 8.55. The van der Waals surface area contributed by atoms with Crippen LogP contribution in [-0.2, 0) is 12.8 Å². The van der Waals surface area contributed by atoms with Gasteiger partial charge in [-0.3, -0.25) is 0 Å². The molecule has 0 atom stereocenters. The second-order valence-corrected chi connectivity index (χ2v) is 7.03. The van der Waals surface area contributed by atoms with Crippen molar-refractivity contribution in [1.29, 1.82) is 0 Å². The molecule has 1 N–H and O–H groups in total. The van der Waals surface area contributed by atoms with E-state index in [1.807, 2.05) is 6.07 Å². The van der Waals surface area contributed by atoms with Crippen molar-refractivity contribution in [3.8, 4) is 0 Å². The number of hydrogen-bond acceptors (Lipinski definition) is 4. The van der Waals surface area contributed by atoms with Crippen molar-refractivity contribution in [2.75, 3.05) is 11.9 Å². The van der Waals surface area contributed by atoms with Gasteiger partial charge in [-0.05, 0) is 30.4 Å². The molecule has 3 rings (SSSR count). The zero-order chi connectivity index (χ0) is 15.4. The number of benzene rings is 1. The highest BCUT2D eigenvalue weighted by Gasteiger charge is 2.09. The molecule has 4 heteroatoms. The van der Waals surface area contributed by atoms with Gasteiger partial charge >= 0.3 is 0 Å². The molecule has 0 unspecified atom stereocenters. The van der Waals surface area contributed by atoms with E-state index in [1.165, 1.54) is 10.4 Å². The third-order valence-electron chi connectivity index (χ3n) is 3.54. The molecule has 0 bridgehead atoms. The van der Waals surface area contributed by atoms with Crippen LogP contribution < -0.4 is 5.32 Å². The minimum atomic E-state index is 0.663. The van der Waals surface area contributed by atoms with Crippen LogP contribution in [0.15, 0.2) is 42.7 Å². The molecular formula is C18H21N3S. The average molecular weight is 311 g/mol. The van der Waals surface area contributed by atoms with Gasteiger partial charge in [0.05, 0.1) is 5.39 Å². The van der Waals surface area contributed by atoms with Crippen molar-refractivity contribution >= 4 is 27.4 Å². The van der Waals surface area contributed by atoms with E-state index in [4.69, 9.17) is 0 Å². The quantitative estimate of drug-likeness (QED) is 0.726. The third-order valence-corrected chi connectivity index (χ3v) is 4.60. The summed E-state index contributed by atoms with van der Waals surface area (Å²) in [6.45, 7) is 5.37. The lowest BCUT2D eigenvalue weighted by Gasteiger charge is -2.06. The molecule has 0 saturated carbocycles. The number of fused-ring (bicyclic) bond motifs is 1. The summed E-state index contributed by atoms with van der Waals surface area (Å²) in [5.41, 5.74) is 1.34. The Hall–Kier alpha value is -1.94. The minimum Gasteiger partial charge on any atom is -0.369 e. The normalized spacial score (nSPS) is 11.2. The van der Waals surface area contributed by atoms with Crippen molar-refractivity contribution in [2.45, 2.75) is 26.7 Å². The van der Waals surface area contributed by atoms with Crippen LogP contribution in [0.4, 0.5) is 5.82 Å². The largest absolute Gasteiger partial charge is 0.369 e. The van der Waals surface area contributed by atoms with Crippen molar-refractivity contribution in [3.63, 3.8) is 0 Å². The van der Waals surface area contributed by atoms with Crippen LogP contribution in [0.3, 0.4) is 0 Å². The summed E-state index contributed by atoms with van der Waals surface area (Å²) in [4.78, 5) is 11.3. The highest BCUT2D eigenvalue weighted by Crippen LogP contribution is 2.29. The van der Waals surface area contributed by atoms with E-state index in [2.05, 4.69) is 59.5 Å². The second-order valence-electron chi connectivity index (χ2n) is 5.91. The lowest BCUT2D eigenvalue weighted by Crippen LogP contribution is -2.06. The number of nitrogens with one attached hydrogen (secondary N) is 1. The van der Waals surface area contributed by atoms with Crippen LogP contribution in [-0.4, -0.2) is 16.5 Å². The molecule has 0 saturated heterocycles. The molecule has 0 fully saturated rings. The Labute approximate surface area is 135 Å². The Morgan fingerprint density at radius 1 is 1.14 bits per heavy atom. The highest BCUT2D eigenvalue weighted by molar-refractivity contribution is 7.18. The molecule has 0 aliphatic heterocycles. The number of hydrogen-bond donors (Lipinski definition) is 1. The lowest BCUT2D eigenvalue weighted by molar-refractivity contribution is 0.654.